The second-order valence-electron chi connectivity index (χ2n) is 7.75. The van der Waals surface area contributed by atoms with Crippen LogP contribution in [0.2, 0.25) is 0 Å². The predicted octanol–water partition coefficient (Wildman–Crippen LogP) is 3.49. The number of nitrogens with one attached hydrogen (secondary N) is 1. The number of unbranched alkanes of at least 4 members (excludes halogenated alkanes) is 1. The molecule has 0 spiro atoms. The van der Waals surface area contributed by atoms with Crippen molar-refractivity contribution >= 4 is 0 Å². The van der Waals surface area contributed by atoms with Crippen LogP contribution >= 0.6 is 0 Å². The summed E-state index contributed by atoms with van der Waals surface area (Å²) in [6.45, 7) is 6.69. The van der Waals surface area contributed by atoms with E-state index in [2.05, 4.69) is 28.4 Å². The molecule has 2 aliphatic rings. The molecule has 0 amide bonds. The molecule has 0 atom stereocenters. The summed E-state index contributed by atoms with van der Waals surface area (Å²) in [6.07, 6.45) is 7.60. The average molecular weight is 372 g/mol. The first kappa shape index (κ1) is 20.1. The van der Waals surface area contributed by atoms with Crippen LogP contribution in [0, 0.1) is 11.3 Å². The SMILES string of the molecule is N#CCCCOc1cccc(CNCC2(N3CCCCC3)CCOCC2)c1. The van der Waals surface area contributed by atoms with Crippen molar-refractivity contribution in [3.05, 3.63) is 29.8 Å². The number of likely N-dealkylation sites (tertiary alicyclic amines) is 1. The van der Waals surface area contributed by atoms with Crippen molar-refractivity contribution in [3.8, 4) is 11.8 Å². The summed E-state index contributed by atoms with van der Waals surface area (Å²) in [6, 6.07) is 10.4. The fraction of sp³-hybridized carbons (Fsp3) is 0.682. The zero-order valence-electron chi connectivity index (χ0n) is 16.4. The lowest BCUT2D eigenvalue weighted by molar-refractivity contribution is -0.0358. The van der Waals surface area contributed by atoms with E-state index in [0.29, 0.717) is 13.0 Å². The molecule has 1 aromatic rings. The molecule has 0 saturated carbocycles. The molecule has 2 fully saturated rings. The lowest BCUT2D eigenvalue weighted by Gasteiger charge is -2.48. The first-order valence-electron chi connectivity index (χ1n) is 10.4. The fourth-order valence-electron chi connectivity index (χ4n) is 4.25. The van der Waals surface area contributed by atoms with Gasteiger partial charge in [0.15, 0.2) is 0 Å². The van der Waals surface area contributed by atoms with Crippen LogP contribution in [-0.2, 0) is 11.3 Å². The molecule has 0 bridgehead atoms. The number of piperidine rings is 1. The fourth-order valence-corrected chi connectivity index (χ4v) is 4.25. The molecule has 148 valence electrons. The molecule has 1 aromatic carbocycles. The van der Waals surface area contributed by atoms with Gasteiger partial charge in [-0.05, 0) is 62.9 Å². The summed E-state index contributed by atoms with van der Waals surface area (Å²) in [7, 11) is 0. The van der Waals surface area contributed by atoms with Gasteiger partial charge < -0.3 is 14.8 Å². The summed E-state index contributed by atoms with van der Waals surface area (Å²) in [5.41, 5.74) is 1.50. The lowest BCUT2D eigenvalue weighted by atomic mass is 9.86. The van der Waals surface area contributed by atoms with Crippen LogP contribution in [0.5, 0.6) is 5.75 Å². The van der Waals surface area contributed by atoms with E-state index in [1.165, 1.54) is 37.9 Å². The number of rotatable bonds is 9. The zero-order valence-corrected chi connectivity index (χ0v) is 16.4. The van der Waals surface area contributed by atoms with Crippen molar-refractivity contribution in [2.75, 3.05) is 39.5 Å². The molecule has 1 N–H and O–H groups in total. The van der Waals surface area contributed by atoms with Gasteiger partial charge in [-0.3, -0.25) is 4.90 Å². The second kappa shape index (κ2) is 10.7. The maximum absolute atomic E-state index is 8.60. The van der Waals surface area contributed by atoms with Gasteiger partial charge in [-0.1, -0.05) is 18.6 Å². The minimum absolute atomic E-state index is 0.254. The van der Waals surface area contributed by atoms with E-state index < -0.39 is 0 Å². The van der Waals surface area contributed by atoms with Crippen molar-refractivity contribution < 1.29 is 9.47 Å². The van der Waals surface area contributed by atoms with Crippen LogP contribution in [0.1, 0.15) is 50.5 Å². The molecule has 2 heterocycles. The number of benzene rings is 1. The maximum Gasteiger partial charge on any atom is 0.119 e. The Morgan fingerprint density at radius 3 is 2.78 bits per heavy atom. The van der Waals surface area contributed by atoms with Gasteiger partial charge in [-0.2, -0.15) is 5.26 Å². The first-order chi connectivity index (χ1) is 13.3. The van der Waals surface area contributed by atoms with Crippen LogP contribution in [0.4, 0.5) is 0 Å². The molecule has 5 nitrogen and oxygen atoms in total. The number of ether oxygens (including phenoxy) is 2. The summed E-state index contributed by atoms with van der Waals surface area (Å²) in [4.78, 5) is 2.72. The second-order valence-corrected chi connectivity index (χ2v) is 7.75. The normalized spacial score (nSPS) is 20.1. The third kappa shape index (κ3) is 5.93. The minimum Gasteiger partial charge on any atom is -0.494 e. The molecular formula is C22H33N3O2. The van der Waals surface area contributed by atoms with E-state index >= 15 is 0 Å². The summed E-state index contributed by atoms with van der Waals surface area (Å²) >= 11 is 0. The van der Waals surface area contributed by atoms with Crippen molar-refractivity contribution in [3.63, 3.8) is 0 Å². The van der Waals surface area contributed by atoms with Crippen LogP contribution in [-0.4, -0.2) is 49.9 Å². The Balaban J connectivity index is 1.51. The summed E-state index contributed by atoms with van der Waals surface area (Å²) < 4.78 is 11.4. The third-order valence-electron chi connectivity index (χ3n) is 5.83. The Labute approximate surface area is 163 Å². The molecule has 5 heteroatoms. The summed E-state index contributed by atoms with van der Waals surface area (Å²) in [5, 5.41) is 12.3. The minimum atomic E-state index is 0.254. The largest absolute Gasteiger partial charge is 0.494 e. The van der Waals surface area contributed by atoms with Crippen LogP contribution in [0.25, 0.3) is 0 Å². The van der Waals surface area contributed by atoms with E-state index in [1.807, 2.05) is 12.1 Å². The highest BCUT2D eigenvalue weighted by Gasteiger charge is 2.38. The number of nitrogens with zero attached hydrogens (tertiary/aromatic N) is 2. The number of hydrogen-bond donors (Lipinski definition) is 1. The predicted molar refractivity (Wildman–Crippen MR) is 107 cm³/mol. The molecule has 2 aliphatic heterocycles. The number of nitriles is 1. The maximum atomic E-state index is 8.60. The van der Waals surface area contributed by atoms with Gasteiger partial charge >= 0.3 is 0 Å². The van der Waals surface area contributed by atoms with Crippen LogP contribution in [0.3, 0.4) is 0 Å². The van der Waals surface area contributed by atoms with Gasteiger partial charge in [0.05, 0.1) is 12.7 Å². The molecule has 0 aromatic heterocycles. The monoisotopic (exact) mass is 371 g/mol. The lowest BCUT2D eigenvalue weighted by Crippen LogP contribution is -2.59. The highest BCUT2D eigenvalue weighted by atomic mass is 16.5. The number of hydrogen-bond acceptors (Lipinski definition) is 5. The molecule has 27 heavy (non-hydrogen) atoms. The molecule has 0 aliphatic carbocycles. The quantitative estimate of drug-likeness (QED) is 0.674. The molecule has 2 saturated heterocycles. The Bertz CT molecular complexity index is 602. The van der Waals surface area contributed by atoms with Crippen molar-refractivity contribution in [1.29, 1.82) is 5.26 Å². The highest BCUT2D eigenvalue weighted by Crippen LogP contribution is 2.30. The molecule has 0 radical (unpaired) electrons. The Hall–Kier alpha value is -1.61. The average Bonchev–Trinajstić information content (AvgIpc) is 2.73. The van der Waals surface area contributed by atoms with Crippen LogP contribution in [0.15, 0.2) is 24.3 Å². The van der Waals surface area contributed by atoms with E-state index in [0.717, 1.165) is 51.3 Å². The van der Waals surface area contributed by atoms with Crippen molar-refractivity contribution in [2.45, 2.75) is 57.0 Å². The van der Waals surface area contributed by atoms with Gasteiger partial charge in [0, 0.05) is 38.3 Å². The molecule has 0 unspecified atom stereocenters. The first-order valence-corrected chi connectivity index (χ1v) is 10.4. The Kier molecular flexibility index (Phi) is 7.94. The van der Waals surface area contributed by atoms with E-state index in [9.17, 15) is 0 Å². The van der Waals surface area contributed by atoms with Gasteiger partial charge in [-0.25, -0.2) is 0 Å². The van der Waals surface area contributed by atoms with E-state index in [4.69, 9.17) is 14.7 Å². The smallest absolute Gasteiger partial charge is 0.119 e. The van der Waals surface area contributed by atoms with Gasteiger partial charge in [0.1, 0.15) is 5.75 Å². The molecular weight excluding hydrogens is 338 g/mol. The van der Waals surface area contributed by atoms with Gasteiger partial charge in [-0.15, -0.1) is 0 Å². The van der Waals surface area contributed by atoms with Gasteiger partial charge in [0.25, 0.3) is 0 Å². The van der Waals surface area contributed by atoms with Crippen molar-refractivity contribution in [1.82, 2.24) is 10.2 Å². The van der Waals surface area contributed by atoms with Crippen LogP contribution < -0.4 is 10.1 Å². The Morgan fingerprint density at radius 1 is 1.19 bits per heavy atom. The van der Waals surface area contributed by atoms with E-state index in [1.54, 1.807) is 0 Å². The molecule has 3 rings (SSSR count). The highest BCUT2D eigenvalue weighted by molar-refractivity contribution is 5.28. The summed E-state index contributed by atoms with van der Waals surface area (Å²) in [5.74, 6) is 0.893. The van der Waals surface area contributed by atoms with Crippen molar-refractivity contribution in [2.24, 2.45) is 0 Å². The van der Waals surface area contributed by atoms with E-state index in [-0.39, 0.29) is 5.54 Å². The van der Waals surface area contributed by atoms with Gasteiger partial charge in [0.2, 0.25) is 0 Å². The third-order valence-corrected chi connectivity index (χ3v) is 5.83. The standard InChI is InChI=1S/C22H33N3O2/c23-11-2-5-14-27-21-8-6-7-20(17-21)18-24-19-22(9-15-26-16-10-22)25-12-3-1-4-13-25/h6-8,17,24H,1-5,9-10,12-16,18-19H2. The zero-order chi connectivity index (χ0) is 18.8. The topological polar surface area (TPSA) is 57.5 Å². The Morgan fingerprint density at radius 2 is 2.00 bits per heavy atom.